The maximum Gasteiger partial charge on any atom is 0.243 e. The van der Waals surface area contributed by atoms with Crippen LogP contribution in [0.5, 0.6) is 0 Å². The van der Waals surface area contributed by atoms with Gasteiger partial charge in [-0.15, -0.1) is 0 Å². The second kappa shape index (κ2) is 6.02. The first-order valence-corrected chi connectivity index (χ1v) is 8.69. The Morgan fingerprint density at radius 2 is 2.00 bits per heavy atom. The average molecular weight is 314 g/mol. The Morgan fingerprint density at radius 3 is 2.67 bits per heavy atom. The predicted octanol–water partition coefficient (Wildman–Crippen LogP) is 2.49. The van der Waals surface area contributed by atoms with Crippen LogP contribution >= 0.6 is 0 Å². The molecule has 0 amide bonds. The zero-order valence-corrected chi connectivity index (χ0v) is 13.4. The van der Waals surface area contributed by atoms with Crippen molar-refractivity contribution in [3.8, 4) is 0 Å². The fourth-order valence-electron chi connectivity index (χ4n) is 2.66. The first-order chi connectivity index (χ1) is 9.76. The molecule has 0 saturated carbocycles. The third kappa shape index (κ3) is 3.62. The summed E-state index contributed by atoms with van der Waals surface area (Å²) >= 11 is 0. The molecular weight excluding hydrogens is 291 g/mol. The van der Waals surface area contributed by atoms with Gasteiger partial charge in [-0.3, -0.25) is 0 Å². The van der Waals surface area contributed by atoms with E-state index >= 15 is 0 Å². The van der Waals surface area contributed by atoms with Crippen molar-refractivity contribution in [3.05, 3.63) is 29.6 Å². The molecule has 6 heteroatoms. The van der Waals surface area contributed by atoms with Gasteiger partial charge in [-0.25, -0.2) is 12.8 Å². The van der Waals surface area contributed by atoms with Gasteiger partial charge >= 0.3 is 0 Å². The number of halogens is 1. The number of rotatable bonds is 3. The number of benzene rings is 1. The summed E-state index contributed by atoms with van der Waals surface area (Å²) in [6.07, 6.45) is 2.69. The number of nitrogens with two attached hydrogens (primary N) is 1. The van der Waals surface area contributed by atoms with E-state index in [0.717, 1.165) is 19.3 Å². The molecule has 1 aromatic rings. The van der Waals surface area contributed by atoms with Gasteiger partial charge in [0.1, 0.15) is 5.82 Å². The molecule has 1 heterocycles. The molecule has 2 N–H and O–H groups in total. The molecule has 0 aromatic heterocycles. The molecule has 1 aliphatic heterocycles. The highest BCUT2D eigenvalue weighted by atomic mass is 32.2. The van der Waals surface area contributed by atoms with Crippen LogP contribution in [0.25, 0.3) is 0 Å². The van der Waals surface area contributed by atoms with Crippen LogP contribution in [0.15, 0.2) is 23.1 Å². The molecule has 0 unspecified atom stereocenters. The lowest BCUT2D eigenvalue weighted by Crippen LogP contribution is -2.32. The first kappa shape index (κ1) is 16.4. The molecular formula is C15H23FN2O2S. The lowest BCUT2D eigenvalue weighted by atomic mass is 9.85. The summed E-state index contributed by atoms with van der Waals surface area (Å²) in [6.45, 7) is 5.33. The number of sulfonamides is 1. The van der Waals surface area contributed by atoms with Crippen molar-refractivity contribution in [1.82, 2.24) is 4.31 Å². The molecule has 4 nitrogen and oxygen atoms in total. The third-order valence-electron chi connectivity index (χ3n) is 4.17. The molecule has 0 aliphatic carbocycles. The maximum atomic E-state index is 13.5. The van der Waals surface area contributed by atoms with Gasteiger partial charge in [-0.05, 0) is 42.9 Å². The van der Waals surface area contributed by atoms with Crippen molar-refractivity contribution < 1.29 is 12.8 Å². The quantitative estimate of drug-likeness (QED) is 0.932. The summed E-state index contributed by atoms with van der Waals surface area (Å²) in [6, 6.07) is 3.84. The van der Waals surface area contributed by atoms with E-state index in [1.165, 1.54) is 22.5 Å². The molecule has 0 radical (unpaired) electrons. The van der Waals surface area contributed by atoms with Crippen molar-refractivity contribution in [2.75, 3.05) is 13.1 Å². The van der Waals surface area contributed by atoms with E-state index in [0.29, 0.717) is 13.1 Å². The first-order valence-electron chi connectivity index (χ1n) is 7.25. The Kier molecular flexibility index (Phi) is 4.70. The number of hydrogen-bond acceptors (Lipinski definition) is 3. The van der Waals surface area contributed by atoms with E-state index in [2.05, 4.69) is 13.8 Å². The van der Waals surface area contributed by atoms with Gasteiger partial charge in [0.2, 0.25) is 10.0 Å². The van der Waals surface area contributed by atoms with E-state index in [9.17, 15) is 12.8 Å². The van der Waals surface area contributed by atoms with Gasteiger partial charge in [0.25, 0.3) is 0 Å². The predicted molar refractivity (Wildman–Crippen MR) is 80.7 cm³/mol. The van der Waals surface area contributed by atoms with Crippen LogP contribution in [0.1, 0.15) is 38.7 Å². The van der Waals surface area contributed by atoms with Crippen molar-refractivity contribution in [2.45, 2.75) is 44.6 Å². The highest BCUT2D eigenvalue weighted by Crippen LogP contribution is 2.32. The number of hydrogen-bond donors (Lipinski definition) is 1. The van der Waals surface area contributed by atoms with Crippen molar-refractivity contribution in [2.24, 2.45) is 11.1 Å². The molecule has 2 rings (SSSR count). The normalized spacial score (nSPS) is 20.2. The van der Waals surface area contributed by atoms with Crippen molar-refractivity contribution >= 4 is 10.0 Å². The SMILES string of the molecule is CC1(C)CCCN(S(=O)(=O)c2ccc(F)c(CN)c2)CC1. The van der Waals surface area contributed by atoms with Gasteiger partial charge in [0, 0.05) is 25.2 Å². The topological polar surface area (TPSA) is 63.4 Å². The van der Waals surface area contributed by atoms with Crippen LogP contribution in [0.3, 0.4) is 0 Å². The van der Waals surface area contributed by atoms with Gasteiger partial charge < -0.3 is 5.73 Å². The Labute approximate surface area is 126 Å². The highest BCUT2D eigenvalue weighted by molar-refractivity contribution is 7.89. The molecule has 1 saturated heterocycles. The van der Waals surface area contributed by atoms with Crippen LogP contribution in [0.4, 0.5) is 4.39 Å². The van der Waals surface area contributed by atoms with Crippen LogP contribution in [-0.4, -0.2) is 25.8 Å². The van der Waals surface area contributed by atoms with Crippen molar-refractivity contribution in [1.29, 1.82) is 0 Å². The molecule has 1 aromatic carbocycles. The molecule has 1 fully saturated rings. The Morgan fingerprint density at radius 1 is 1.29 bits per heavy atom. The van der Waals surface area contributed by atoms with E-state index in [1.54, 1.807) is 0 Å². The summed E-state index contributed by atoms with van der Waals surface area (Å²) in [7, 11) is -3.57. The van der Waals surface area contributed by atoms with Gasteiger partial charge in [0.15, 0.2) is 0 Å². The maximum absolute atomic E-state index is 13.5. The molecule has 0 bridgehead atoms. The average Bonchev–Trinajstić information content (AvgIpc) is 2.60. The van der Waals surface area contributed by atoms with E-state index in [-0.39, 0.29) is 22.4 Å². The van der Waals surface area contributed by atoms with Gasteiger partial charge in [0.05, 0.1) is 4.90 Å². The Bertz CT molecular complexity index is 614. The molecule has 118 valence electrons. The second-order valence-corrected chi connectivity index (χ2v) is 8.32. The fraction of sp³-hybridized carbons (Fsp3) is 0.600. The molecule has 21 heavy (non-hydrogen) atoms. The smallest absolute Gasteiger partial charge is 0.243 e. The minimum absolute atomic E-state index is 0.0117. The zero-order chi connectivity index (χ0) is 15.7. The monoisotopic (exact) mass is 314 g/mol. The van der Waals surface area contributed by atoms with E-state index in [1.807, 2.05) is 0 Å². The lowest BCUT2D eigenvalue weighted by Gasteiger charge is -2.23. The minimum atomic E-state index is -3.57. The van der Waals surface area contributed by atoms with Crippen LogP contribution < -0.4 is 5.73 Å². The van der Waals surface area contributed by atoms with Crippen LogP contribution in [0.2, 0.25) is 0 Å². The van der Waals surface area contributed by atoms with E-state index < -0.39 is 15.8 Å². The summed E-state index contributed by atoms with van der Waals surface area (Å²) < 4.78 is 40.4. The number of nitrogens with zero attached hydrogens (tertiary/aromatic N) is 1. The largest absolute Gasteiger partial charge is 0.326 e. The molecule has 0 spiro atoms. The zero-order valence-electron chi connectivity index (χ0n) is 12.6. The van der Waals surface area contributed by atoms with Gasteiger partial charge in [-0.1, -0.05) is 13.8 Å². The Hall–Kier alpha value is -0.980. The highest BCUT2D eigenvalue weighted by Gasteiger charge is 2.30. The summed E-state index contributed by atoms with van der Waals surface area (Å²) in [4.78, 5) is 0.129. The standard InChI is InChI=1S/C15H23FN2O2S/c1-15(2)6-3-8-18(9-7-15)21(19,20)13-4-5-14(16)12(10-13)11-17/h4-5,10H,3,6-9,11,17H2,1-2H3. The Balaban J connectivity index is 2.29. The summed E-state index contributed by atoms with van der Waals surface area (Å²) in [5.74, 6) is -0.464. The van der Waals surface area contributed by atoms with Gasteiger partial charge in [-0.2, -0.15) is 4.31 Å². The fourth-order valence-corrected chi connectivity index (χ4v) is 4.19. The molecule has 1 aliphatic rings. The van der Waals surface area contributed by atoms with Crippen LogP contribution in [0, 0.1) is 11.2 Å². The molecule has 0 atom stereocenters. The second-order valence-electron chi connectivity index (χ2n) is 6.38. The van der Waals surface area contributed by atoms with Crippen LogP contribution in [-0.2, 0) is 16.6 Å². The van der Waals surface area contributed by atoms with Crippen molar-refractivity contribution in [3.63, 3.8) is 0 Å². The summed E-state index contributed by atoms with van der Waals surface area (Å²) in [5.41, 5.74) is 5.84. The third-order valence-corrected chi connectivity index (χ3v) is 6.07. The lowest BCUT2D eigenvalue weighted by molar-refractivity contribution is 0.315. The summed E-state index contributed by atoms with van der Waals surface area (Å²) in [5, 5.41) is 0. The van der Waals surface area contributed by atoms with E-state index in [4.69, 9.17) is 5.73 Å². The minimum Gasteiger partial charge on any atom is -0.326 e.